The van der Waals surface area contributed by atoms with Crippen LogP contribution in [0.1, 0.15) is 5.56 Å². The fourth-order valence-electron chi connectivity index (χ4n) is 1.65. The second-order valence-corrected chi connectivity index (χ2v) is 5.39. The molecule has 0 bridgehead atoms. The van der Waals surface area contributed by atoms with E-state index < -0.39 is 0 Å². The van der Waals surface area contributed by atoms with E-state index in [4.69, 9.17) is 52.1 Å². The molecule has 0 fully saturated rings. The third-order valence-corrected chi connectivity index (χ3v) is 3.95. The number of halogens is 4. The number of hydrogen-bond donors (Lipinski definition) is 1. The zero-order valence-electron chi connectivity index (χ0n) is 9.18. The van der Waals surface area contributed by atoms with E-state index in [-0.39, 0.29) is 0 Å². The summed E-state index contributed by atoms with van der Waals surface area (Å²) in [6, 6.07) is 8.91. The van der Waals surface area contributed by atoms with E-state index in [9.17, 15) is 0 Å². The zero-order chi connectivity index (χ0) is 13.3. The fraction of sp³-hybridized carbons (Fsp3) is 0.0769. The second kappa shape index (κ2) is 5.68. The van der Waals surface area contributed by atoms with E-state index in [2.05, 4.69) is 0 Å². The molecule has 0 saturated heterocycles. The molecule has 2 N–H and O–H groups in total. The van der Waals surface area contributed by atoms with Crippen LogP contribution in [0.3, 0.4) is 0 Å². The van der Waals surface area contributed by atoms with Crippen LogP contribution in [0.4, 0.5) is 0 Å². The van der Waals surface area contributed by atoms with Crippen molar-refractivity contribution in [2.24, 2.45) is 5.73 Å². The summed E-state index contributed by atoms with van der Waals surface area (Å²) in [4.78, 5) is 0. The third-order valence-electron chi connectivity index (χ3n) is 2.58. The summed E-state index contributed by atoms with van der Waals surface area (Å²) >= 11 is 24.3. The molecule has 0 aliphatic heterocycles. The summed E-state index contributed by atoms with van der Waals surface area (Å²) in [5.74, 6) is 0. The van der Waals surface area contributed by atoms with Gasteiger partial charge in [-0.25, -0.2) is 0 Å². The lowest BCUT2D eigenvalue weighted by molar-refractivity contribution is 1.07. The number of benzene rings is 2. The van der Waals surface area contributed by atoms with Crippen LogP contribution in [0, 0.1) is 0 Å². The summed E-state index contributed by atoms with van der Waals surface area (Å²) in [5.41, 5.74) is 8.05. The molecule has 2 aromatic rings. The van der Waals surface area contributed by atoms with Crippen molar-refractivity contribution in [3.05, 3.63) is 56.0 Å². The molecule has 0 saturated carbocycles. The first kappa shape index (κ1) is 14.0. The van der Waals surface area contributed by atoms with Crippen LogP contribution in [-0.4, -0.2) is 0 Å². The zero-order valence-corrected chi connectivity index (χ0v) is 12.2. The van der Waals surface area contributed by atoms with Crippen molar-refractivity contribution in [2.45, 2.75) is 6.54 Å². The van der Waals surface area contributed by atoms with Gasteiger partial charge in [-0.1, -0.05) is 58.5 Å². The Morgan fingerprint density at radius 1 is 0.889 bits per heavy atom. The minimum Gasteiger partial charge on any atom is -0.326 e. The monoisotopic (exact) mass is 319 g/mol. The lowest BCUT2D eigenvalue weighted by atomic mass is 10.0. The van der Waals surface area contributed by atoms with E-state index in [1.807, 2.05) is 12.1 Å². The van der Waals surface area contributed by atoms with Gasteiger partial charge in [-0.3, -0.25) is 0 Å². The highest BCUT2D eigenvalue weighted by atomic mass is 35.5. The van der Waals surface area contributed by atoms with Crippen LogP contribution >= 0.6 is 46.4 Å². The number of rotatable bonds is 2. The molecule has 0 aromatic heterocycles. The number of nitrogens with two attached hydrogens (primary N) is 1. The number of hydrogen-bond acceptors (Lipinski definition) is 1. The fourth-order valence-corrected chi connectivity index (χ4v) is 2.62. The average Bonchev–Trinajstić information content (AvgIpc) is 2.33. The van der Waals surface area contributed by atoms with Crippen LogP contribution in [-0.2, 0) is 6.54 Å². The molecule has 0 atom stereocenters. The molecule has 0 radical (unpaired) electrons. The quantitative estimate of drug-likeness (QED) is 0.734. The van der Waals surface area contributed by atoms with Crippen LogP contribution in [0.15, 0.2) is 30.3 Å². The molecule has 0 aliphatic carbocycles. The van der Waals surface area contributed by atoms with Gasteiger partial charge in [-0.15, -0.1) is 0 Å². The first-order chi connectivity index (χ1) is 8.52. The van der Waals surface area contributed by atoms with Crippen molar-refractivity contribution >= 4 is 46.4 Å². The maximum atomic E-state index is 6.17. The van der Waals surface area contributed by atoms with Gasteiger partial charge in [0.25, 0.3) is 0 Å². The van der Waals surface area contributed by atoms with Gasteiger partial charge >= 0.3 is 0 Å². The molecule has 2 rings (SSSR count). The van der Waals surface area contributed by atoms with E-state index in [0.717, 1.165) is 16.7 Å². The molecular weight excluding hydrogens is 312 g/mol. The van der Waals surface area contributed by atoms with Crippen molar-refractivity contribution in [2.75, 3.05) is 0 Å². The molecular formula is C13H9Cl4N. The molecule has 0 amide bonds. The standard InChI is InChI=1S/C13H9Cl4N/c14-9-4-10(13(17)12(16)5-9)7-1-2-8(6-18)11(15)3-7/h1-5H,6,18H2. The Balaban J connectivity index is 2.58. The Hall–Kier alpha value is -0.440. The molecule has 94 valence electrons. The van der Waals surface area contributed by atoms with Gasteiger partial charge in [-0.05, 0) is 29.3 Å². The average molecular weight is 321 g/mol. The van der Waals surface area contributed by atoms with Crippen LogP contribution in [0.2, 0.25) is 20.1 Å². The van der Waals surface area contributed by atoms with Crippen LogP contribution in [0.25, 0.3) is 11.1 Å². The summed E-state index contributed by atoms with van der Waals surface area (Å²) in [7, 11) is 0. The Bertz CT molecular complexity index is 596. The highest BCUT2D eigenvalue weighted by molar-refractivity contribution is 6.45. The molecule has 18 heavy (non-hydrogen) atoms. The van der Waals surface area contributed by atoms with E-state index in [1.54, 1.807) is 18.2 Å². The van der Waals surface area contributed by atoms with E-state index in [0.29, 0.717) is 26.6 Å². The maximum absolute atomic E-state index is 6.17. The maximum Gasteiger partial charge on any atom is 0.0671 e. The van der Waals surface area contributed by atoms with Gasteiger partial charge < -0.3 is 5.73 Å². The Morgan fingerprint density at radius 3 is 2.22 bits per heavy atom. The van der Waals surface area contributed by atoms with Gasteiger partial charge in [0, 0.05) is 22.2 Å². The topological polar surface area (TPSA) is 26.0 Å². The summed E-state index contributed by atoms with van der Waals surface area (Å²) < 4.78 is 0. The van der Waals surface area contributed by atoms with Crippen LogP contribution in [0.5, 0.6) is 0 Å². The lowest BCUT2D eigenvalue weighted by Gasteiger charge is -2.09. The second-order valence-electron chi connectivity index (χ2n) is 3.76. The highest BCUT2D eigenvalue weighted by Gasteiger charge is 2.10. The van der Waals surface area contributed by atoms with E-state index >= 15 is 0 Å². The minimum atomic E-state index is 0.392. The Morgan fingerprint density at radius 2 is 1.61 bits per heavy atom. The van der Waals surface area contributed by atoms with Crippen molar-refractivity contribution in [3.8, 4) is 11.1 Å². The largest absolute Gasteiger partial charge is 0.326 e. The molecule has 0 aliphatic rings. The molecule has 0 unspecified atom stereocenters. The lowest BCUT2D eigenvalue weighted by Crippen LogP contribution is -1.97. The first-order valence-electron chi connectivity index (χ1n) is 5.16. The van der Waals surface area contributed by atoms with Gasteiger partial charge in [0.15, 0.2) is 0 Å². The van der Waals surface area contributed by atoms with Crippen molar-refractivity contribution in [1.82, 2.24) is 0 Å². The molecule has 1 nitrogen and oxygen atoms in total. The predicted octanol–water partition coefficient (Wildman–Crippen LogP) is 5.43. The highest BCUT2D eigenvalue weighted by Crippen LogP contribution is 2.37. The van der Waals surface area contributed by atoms with Crippen molar-refractivity contribution in [1.29, 1.82) is 0 Å². The first-order valence-corrected chi connectivity index (χ1v) is 6.67. The van der Waals surface area contributed by atoms with E-state index in [1.165, 1.54) is 0 Å². The van der Waals surface area contributed by atoms with Crippen molar-refractivity contribution in [3.63, 3.8) is 0 Å². The Labute approximate surface area is 125 Å². The normalized spacial score (nSPS) is 10.7. The summed E-state index contributed by atoms with van der Waals surface area (Å²) in [5, 5.41) is 2.00. The Kier molecular flexibility index (Phi) is 4.41. The minimum absolute atomic E-state index is 0.392. The van der Waals surface area contributed by atoms with Gasteiger partial charge in [0.1, 0.15) is 0 Å². The van der Waals surface area contributed by atoms with Crippen molar-refractivity contribution < 1.29 is 0 Å². The molecule has 0 spiro atoms. The summed E-state index contributed by atoms with van der Waals surface area (Å²) in [6.45, 7) is 0.392. The van der Waals surface area contributed by atoms with Crippen LogP contribution < -0.4 is 5.73 Å². The van der Waals surface area contributed by atoms with Gasteiger partial charge in [-0.2, -0.15) is 0 Å². The summed E-state index contributed by atoms with van der Waals surface area (Å²) in [6.07, 6.45) is 0. The molecule has 0 heterocycles. The van der Waals surface area contributed by atoms with Gasteiger partial charge in [0.2, 0.25) is 0 Å². The predicted molar refractivity (Wildman–Crippen MR) is 79.8 cm³/mol. The smallest absolute Gasteiger partial charge is 0.0671 e. The third kappa shape index (κ3) is 2.76. The molecule has 2 aromatic carbocycles. The molecule has 5 heteroatoms. The SMILES string of the molecule is NCc1ccc(-c2cc(Cl)cc(Cl)c2Cl)cc1Cl. The van der Waals surface area contributed by atoms with Gasteiger partial charge in [0.05, 0.1) is 10.0 Å².